The first kappa shape index (κ1) is 15.3. The van der Waals surface area contributed by atoms with Crippen molar-refractivity contribution in [3.63, 3.8) is 0 Å². The molecule has 2 saturated heterocycles. The third-order valence-corrected chi connectivity index (χ3v) is 3.82. The molecular formula is C15H25NO4. The Labute approximate surface area is 120 Å². The van der Waals surface area contributed by atoms with Crippen molar-refractivity contribution in [2.45, 2.75) is 45.6 Å². The number of hydrogen-bond acceptors (Lipinski definition) is 4. The molecule has 2 atom stereocenters. The van der Waals surface area contributed by atoms with Crippen LogP contribution in [0.15, 0.2) is 0 Å². The molecule has 2 unspecified atom stereocenters. The first-order chi connectivity index (χ1) is 9.35. The van der Waals surface area contributed by atoms with Crippen molar-refractivity contribution in [1.29, 1.82) is 0 Å². The van der Waals surface area contributed by atoms with Crippen LogP contribution < -0.4 is 0 Å². The lowest BCUT2D eigenvalue weighted by atomic mass is 9.87. The standard InChI is InChI=1S/C15H25NO4/c1-15(2,3)20-14(18)16-6-4-13(17)12(9-16)8-11-5-7-19-10-11/h11-12H,4-10H2,1-3H3. The normalized spacial score (nSPS) is 27.8. The van der Waals surface area contributed by atoms with Crippen LogP contribution in [0.2, 0.25) is 0 Å². The quantitative estimate of drug-likeness (QED) is 0.780. The third-order valence-electron chi connectivity index (χ3n) is 3.82. The molecule has 20 heavy (non-hydrogen) atoms. The molecule has 0 aromatic rings. The van der Waals surface area contributed by atoms with Gasteiger partial charge in [-0.05, 0) is 39.5 Å². The predicted molar refractivity (Wildman–Crippen MR) is 74.5 cm³/mol. The highest BCUT2D eigenvalue weighted by Gasteiger charge is 2.34. The highest BCUT2D eigenvalue weighted by Crippen LogP contribution is 2.26. The molecule has 0 radical (unpaired) electrons. The number of carbonyl (C=O) groups is 2. The van der Waals surface area contributed by atoms with Crippen molar-refractivity contribution in [2.24, 2.45) is 11.8 Å². The maximum atomic E-state index is 12.1. The highest BCUT2D eigenvalue weighted by molar-refractivity contribution is 5.84. The monoisotopic (exact) mass is 283 g/mol. The summed E-state index contributed by atoms with van der Waals surface area (Å²) in [5, 5.41) is 0. The van der Waals surface area contributed by atoms with E-state index >= 15 is 0 Å². The van der Waals surface area contributed by atoms with Gasteiger partial charge in [0.2, 0.25) is 0 Å². The van der Waals surface area contributed by atoms with Crippen LogP contribution in [0.5, 0.6) is 0 Å². The van der Waals surface area contributed by atoms with Gasteiger partial charge in [-0.25, -0.2) is 4.79 Å². The SMILES string of the molecule is CC(C)(C)OC(=O)N1CCC(=O)C(CC2CCOC2)C1. The Balaban J connectivity index is 1.89. The molecule has 2 aliphatic rings. The number of nitrogens with zero attached hydrogens (tertiary/aromatic N) is 1. The predicted octanol–water partition coefficient (Wildman–Crippen LogP) is 2.24. The molecule has 114 valence electrons. The van der Waals surface area contributed by atoms with Crippen molar-refractivity contribution in [2.75, 3.05) is 26.3 Å². The number of amides is 1. The summed E-state index contributed by atoms with van der Waals surface area (Å²) in [6.07, 6.45) is 1.99. The first-order valence-electron chi connectivity index (χ1n) is 7.43. The van der Waals surface area contributed by atoms with E-state index in [9.17, 15) is 9.59 Å². The van der Waals surface area contributed by atoms with Crippen LogP contribution in [0.3, 0.4) is 0 Å². The van der Waals surface area contributed by atoms with E-state index in [0.29, 0.717) is 25.4 Å². The Morgan fingerprint density at radius 1 is 1.45 bits per heavy atom. The Morgan fingerprint density at radius 2 is 2.20 bits per heavy atom. The summed E-state index contributed by atoms with van der Waals surface area (Å²) < 4.78 is 10.7. The molecule has 0 bridgehead atoms. The molecule has 2 rings (SSSR count). The average molecular weight is 283 g/mol. The fourth-order valence-corrected chi connectivity index (χ4v) is 2.78. The summed E-state index contributed by atoms with van der Waals surface area (Å²) in [7, 11) is 0. The van der Waals surface area contributed by atoms with E-state index in [1.807, 2.05) is 20.8 Å². The minimum Gasteiger partial charge on any atom is -0.444 e. The van der Waals surface area contributed by atoms with Crippen LogP contribution in [0.4, 0.5) is 4.79 Å². The maximum Gasteiger partial charge on any atom is 0.410 e. The number of rotatable bonds is 2. The van der Waals surface area contributed by atoms with Gasteiger partial charge < -0.3 is 14.4 Å². The molecule has 2 fully saturated rings. The van der Waals surface area contributed by atoms with E-state index < -0.39 is 5.60 Å². The lowest BCUT2D eigenvalue weighted by molar-refractivity contribution is -0.126. The van der Waals surface area contributed by atoms with Gasteiger partial charge in [0, 0.05) is 38.6 Å². The van der Waals surface area contributed by atoms with Crippen LogP contribution >= 0.6 is 0 Å². The molecule has 2 heterocycles. The molecule has 0 saturated carbocycles. The fourth-order valence-electron chi connectivity index (χ4n) is 2.78. The van der Waals surface area contributed by atoms with Gasteiger partial charge in [0.05, 0.1) is 0 Å². The Kier molecular flexibility index (Phi) is 4.68. The molecule has 5 nitrogen and oxygen atoms in total. The van der Waals surface area contributed by atoms with Crippen molar-refractivity contribution >= 4 is 11.9 Å². The molecular weight excluding hydrogens is 258 g/mol. The molecule has 0 aromatic heterocycles. The van der Waals surface area contributed by atoms with E-state index in [1.165, 1.54) is 0 Å². The molecule has 0 spiro atoms. The summed E-state index contributed by atoms with van der Waals surface area (Å²) in [6.45, 7) is 8.07. The van der Waals surface area contributed by atoms with Crippen LogP contribution in [0.25, 0.3) is 0 Å². The van der Waals surface area contributed by atoms with Crippen molar-refractivity contribution in [1.82, 2.24) is 4.90 Å². The Hall–Kier alpha value is -1.10. The second-order valence-electron chi connectivity index (χ2n) is 6.80. The van der Waals surface area contributed by atoms with E-state index in [1.54, 1.807) is 4.90 Å². The van der Waals surface area contributed by atoms with Gasteiger partial charge in [-0.3, -0.25) is 4.79 Å². The lowest BCUT2D eigenvalue weighted by Gasteiger charge is -2.34. The van der Waals surface area contributed by atoms with Crippen LogP contribution in [0.1, 0.15) is 40.0 Å². The van der Waals surface area contributed by atoms with Crippen LogP contribution in [-0.4, -0.2) is 48.7 Å². The number of piperidine rings is 1. The summed E-state index contributed by atoms with van der Waals surface area (Å²) in [6, 6.07) is 0. The van der Waals surface area contributed by atoms with Gasteiger partial charge in [-0.2, -0.15) is 0 Å². The zero-order valence-corrected chi connectivity index (χ0v) is 12.7. The minimum atomic E-state index is -0.493. The van der Waals surface area contributed by atoms with E-state index in [0.717, 1.165) is 26.1 Å². The van der Waals surface area contributed by atoms with Gasteiger partial charge >= 0.3 is 6.09 Å². The van der Waals surface area contributed by atoms with Gasteiger partial charge in [0.25, 0.3) is 0 Å². The van der Waals surface area contributed by atoms with E-state index in [4.69, 9.17) is 9.47 Å². The van der Waals surface area contributed by atoms with Gasteiger partial charge in [-0.1, -0.05) is 0 Å². The van der Waals surface area contributed by atoms with Gasteiger partial charge in [-0.15, -0.1) is 0 Å². The lowest BCUT2D eigenvalue weighted by Crippen LogP contribution is -2.46. The number of hydrogen-bond donors (Lipinski definition) is 0. The molecule has 5 heteroatoms. The maximum absolute atomic E-state index is 12.1. The summed E-state index contributed by atoms with van der Waals surface area (Å²) in [5.41, 5.74) is -0.493. The number of carbonyl (C=O) groups excluding carboxylic acids is 2. The Morgan fingerprint density at radius 3 is 2.80 bits per heavy atom. The zero-order valence-electron chi connectivity index (χ0n) is 12.7. The molecule has 1 amide bonds. The topological polar surface area (TPSA) is 55.8 Å². The van der Waals surface area contributed by atoms with Crippen LogP contribution in [0, 0.1) is 11.8 Å². The number of Topliss-reactive ketones (excluding diaryl/α,β-unsaturated/α-hetero) is 1. The Bertz CT molecular complexity index is 369. The molecule has 2 aliphatic heterocycles. The van der Waals surface area contributed by atoms with Crippen molar-refractivity contribution < 1.29 is 19.1 Å². The smallest absolute Gasteiger partial charge is 0.410 e. The van der Waals surface area contributed by atoms with Crippen molar-refractivity contribution in [3.05, 3.63) is 0 Å². The van der Waals surface area contributed by atoms with E-state index in [-0.39, 0.29) is 17.8 Å². The number of likely N-dealkylation sites (tertiary alicyclic amines) is 1. The molecule has 0 aliphatic carbocycles. The van der Waals surface area contributed by atoms with Crippen molar-refractivity contribution in [3.8, 4) is 0 Å². The molecule has 0 aromatic carbocycles. The largest absolute Gasteiger partial charge is 0.444 e. The number of ketones is 1. The van der Waals surface area contributed by atoms with Gasteiger partial charge in [0.1, 0.15) is 11.4 Å². The summed E-state index contributed by atoms with van der Waals surface area (Å²) in [4.78, 5) is 25.8. The van der Waals surface area contributed by atoms with E-state index in [2.05, 4.69) is 0 Å². The first-order valence-corrected chi connectivity index (χ1v) is 7.43. The average Bonchev–Trinajstić information content (AvgIpc) is 2.82. The molecule has 0 N–H and O–H groups in total. The fraction of sp³-hybridized carbons (Fsp3) is 0.867. The zero-order chi connectivity index (χ0) is 14.8. The second kappa shape index (κ2) is 6.12. The summed E-state index contributed by atoms with van der Waals surface area (Å²) in [5.74, 6) is 0.683. The van der Waals surface area contributed by atoms with Crippen LogP contribution in [-0.2, 0) is 14.3 Å². The summed E-state index contributed by atoms with van der Waals surface area (Å²) >= 11 is 0. The minimum absolute atomic E-state index is 0.0528. The second-order valence-corrected chi connectivity index (χ2v) is 6.80. The van der Waals surface area contributed by atoms with Gasteiger partial charge in [0.15, 0.2) is 0 Å². The highest BCUT2D eigenvalue weighted by atomic mass is 16.6. The third kappa shape index (κ3) is 4.20. The number of ether oxygens (including phenoxy) is 2.